The van der Waals surface area contributed by atoms with Gasteiger partial charge in [-0.25, -0.2) is 0 Å². The van der Waals surface area contributed by atoms with Gasteiger partial charge in [0, 0.05) is 37.1 Å². The molecule has 1 N–H and O–H groups in total. The van der Waals surface area contributed by atoms with Crippen molar-refractivity contribution in [3.05, 3.63) is 29.7 Å². The monoisotopic (exact) mass is 299 g/mol. The van der Waals surface area contributed by atoms with E-state index in [1.165, 1.54) is 0 Å². The second kappa shape index (κ2) is 6.59. The fraction of sp³-hybridized carbons (Fsp3) is 0.647. The molecule has 2 rings (SSSR count). The number of rotatable bonds is 5. The molecule has 1 aliphatic carbocycles. The number of likely N-dealkylation sites (N-methyl/N-ethyl adjacent to an activating group) is 1. The topological polar surface area (TPSA) is 32.7 Å². The van der Waals surface area contributed by atoms with Crippen molar-refractivity contribution in [2.45, 2.75) is 43.4 Å². The van der Waals surface area contributed by atoms with Crippen LogP contribution in [-0.4, -0.2) is 43.2 Å². The molecule has 1 saturated carbocycles. The Kier molecular flexibility index (Phi) is 1.14. The van der Waals surface area contributed by atoms with Gasteiger partial charge in [0.15, 0.2) is 0 Å². The molecule has 112 valence electrons. The summed E-state index contributed by atoms with van der Waals surface area (Å²) in [6.45, 7) is -12.5. The Morgan fingerprint density at radius 2 is 2.05 bits per heavy atom. The lowest BCUT2D eigenvalue weighted by Crippen LogP contribution is -2.42. The minimum Gasteiger partial charge on any atom is -0.497 e. The maximum Gasteiger partial charge on any atom is 0.118 e. The second-order valence-electron chi connectivity index (χ2n) is 3.74. The van der Waals surface area contributed by atoms with E-state index in [0.717, 1.165) is 7.11 Å². The highest BCUT2D eigenvalue weighted by molar-refractivity contribution is 5.31. The van der Waals surface area contributed by atoms with Crippen LogP contribution >= 0.6 is 0 Å². The molecule has 1 aromatic rings. The van der Waals surface area contributed by atoms with Crippen molar-refractivity contribution < 1.29 is 40.0 Å². The van der Waals surface area contributed by atoms with Crippen molar-refractivity contribution in [1.29, 1.82) is 0 Å². The molecule has 0 aromatic heterocycles. The molecule has 1 aromatic carbocycles. The van der Waals surface area contributed by atoms with Gasteiger partial charge in [0.05, 0.1) is 18.2 Å². The zero-order valence-corrected chi connectivity index (χ0v) is 10.4. The Balaban J connectivity index is 3.43. The van der Waals surface area contributed by atoms with Crippen molar-refractivity contribution in [2.24, 2.45) is 0 Å². The molecular weight excluding hydrogens is 250 g/mol. The summed E-state index contributed by atoms with van der Waals surface area (Å²) >= 11 is 0. The lowest BCUT2D eigenvalue weighted by Gasteiger charge is -2.40. The molecule has 0 amide bonds. The first kappa shape index (κ1) is 3.47. The van der Waals surface area contributed by atoms with Crippen LogP contribution in [0.4, 0.5) is 0 Å². The van der Waals surface area contributed by atoms with Crippen LogP contribution < -0.4 is 4.74 Å². The van der Waals surface area contributed by atoms with E-state index in [-0.39, 0.29) is 0 Å². The van der Waals surface area contributed by atoms with E-state index in [1.54, 1.807) is 0 Å². The summed E-state index contributed by atoms with van der Waals surface area (Å²) in [5.41, 5.74) is -6.28. The van der Waals surface area contributed by atoms with Gasteiger partial charge in [-0.3, -0.25) is 0 Å². The number of aliphatic hydroxyl groups is 1. The summed E-state index contributed by atoms with van der Waals surface area (Å²) < 4.78 is 184. The smallest absolute Gasteiger partial charge is 0.118 e. The molecular formula is C17H27NO2. The highest BCUT2D eigenvalue weighted by atomic mass is 16.5. The van der Waals surface area contributed by atoms with Gasteiger partial charge in [-0.2, -0.15) is 0 Å². The number of benzene rings is 1. The Morgan fingerprint density at radius 3 is 2.60 bits per heavy atom. The van der Waals surface area contributed by atoms with Crippen molar-refractivity contribution in [3.63, 3.8) is 0 Å². The SMILES string of the molecule is [2H]c1c([2H])c([C@@H](C([2H])([2H])N(C([2H])([2H])[2H])C([2H])([2H])[2H])C2(O)C([2H])([2H])C([2H])([2H])C([2H])([2H])C([2H])([2H])C2([2H])[2H])c([2H])c([2H])c1OC. The average molecular weight is 300 g/mol. The van der Waals surface area contributed by atoms with Gasteiger partial charge in [-0.1, -0.05) is 31.2 Å². The minimum absolute atomic E-state index is 0.819. The van der Waals surface area contributed by atoms with E-state index in [9.17, 15) is 5.11 Å². The van der Waals surface area contributed by atoms with E-state index >= 15 is 0 Å². The summed E-state index contributed by atoms with van der Waals surface area (Å²) in [7, 11) is 0.892. The highest BCUT2D eigenvalue weighted by Crippen LogP contribution is 2.40. The second-order valence-corrected chi connectivity index (χ2v) is 3.74. The summed E-state index contributed by atoms with van der Waals surface area (Å²) in [6.07, 6.45) is -21.8. The Labute approximate surface area is 153 Å². The van der Waals surface area contributed by atoms with E-state index < -0.39 is 104 Å². The summed E-state index contributed by atoms with van der Waals surface area (Å²) in [5, 5.41) is 12.1. The number of nitrogens with zero attached hydrogens (tertiary/aromatic N) is 1. The van der Waals surface area contributed by atoms with Gasteiger partial charge >= 0.3 is 0 Å². The molecule has 0 aliphatic heterocycles. The van der Waals surface area contributed by atoms with E-state index in [0.29, 0.717) is 0 Å². The van der Waals surface area contributed by atoms with Crippen LogP contribution in [0.15, 0.2) is 24.2 Å². The maximum atomic E-state index is 12.1. The minimum atomic E-state index is -4.71. The van der Waals surface area contributed by atoms with Gasteiger partial charge in [-0.05, 0) is 44.3 Å². The molecule has 1 atom stereocenters. The zero-order chi connectivity index (χ0) is 33.8. The predicted molar refractivity (Wildman–Crippen MR) is 82.3 cm³/mol. The van der Waals surface area contributed by atoms with Crippen molar-refractivity contribution in [2.75, 3.05) is 27.6 Å². The first-order valence-electron chi connectivity index (χ1n) is 16.4. The molecule has 0 spiro atoms. The number of hydrogen-bond acceptors (Lipinski definition) is 3. The largest absolute Gasteiger partial charge is 0.497 e. The number of hydrogen-bond donors (Lipinski definition) is 1. The molecule has 20 heavy (non-hydrogen) atoms. The van der Waals surface area contributed by atoms with Gasteiger partial charge in [0.2, 0.25) is 0 Å². The fourth-order valence-corrected chi connectivity index (χ4v) is 1.51. The zero-order valence-electron chi connectivity index (χ0n) is 32.4. The lowest BCUT2D eigenvalue weighted by atomic mass is 9.72. The Morgan fingerprint density at radius 1 is 1.40 bits per heavy atom. The molecule has 0 radical (unpaired) electrons. The third-order valence-electron chi connectivity index (χ3n) is 2.42. The molecule has 1 aliphatic rings. The van der Waals surface area contributed by atoms with E-state index in [4.69, 9.17) is 34.9 Å². The standard InChI is InChI=1S/C17H27NO2/c1-18(2)13-16(17(19)11-5-4-6-12-17)14-7-9-15(20-3)10-8-14/h7-10,16,19H,4-6,11-13H2,1-3H3/t16-/m1/s1/i1D3,2D3,4D2,5D2,6D2,7D,8D,9D,10D,11D2,12D2,13D2. The predicted octanol–water partition coefficient (Wildman–Crippen LogP) is 3.04. The van der Waals surface area contributed by atoms with Crippen LogP contribution in [0.1, 0.15) is 73.5 Å². The quantitative estimate of drug-likeness (QED) is 0.907. The average Bonchev–Trinajstić information content (AvgIpc) is 2.76. The normalized spacial score (nSPS) is 50.5. The lowest BCUT2D eigenvalue weighted by molar-refractivity contribution is -0.0277. The molecule has 0 saturated heterocycles. The number of ether oxygens (including phenoxy) is 1. The third-order valence-corrected chi connectivity index (χ3v) is 2.42. The Hall–Kier alpha value is -1.06. The third kappa shape index (κ3) is 3.53. The molecule has 1 fully saturated rings. The van der Waals surface area contributed by atoms with Crippen LogP contribution in [0.5, 0.6) is 5.75 Å². The maximum absolute atomic E-state index is 12.1. The van der Waals surface area contributed by atoms with Crippen LogP contribution in [0.3, 0.4) is 0 Å². The molecule has 0 bridgehead atoms. The van der Waals surface area contributed by atoms with Crippen LogP contribution in [0.2, 0.25) is 0 Å². The van der Waals surface area contributed by atoms with E-state index in [2.05, 4.69) is 0 Å². The summed E-state index contributed by atoms with van der Waals surface area (Å²) in [4.78, 5) is -0.938. The Bertz CT molecular complexity index is 1160. The summed E-state index contributed by atoms with van der Waals surface area (Å²) in [5.74, 6) is -4.43. The molecule has 3 heteroatoms. The van der Waals surface area contributed by atoms with Gasteiger partial charge in [0.1, 0.15) is 5.75 Å². The highest BCUT2D eigenvalue weighted by Gasteiger charge is 2.38. The number of methoxy groups -OCH3 is 1. The van der Waals surface area contributed by atoms with Gasteiger partial charge < -0.3 is 14.7 Å². The molecule has 3 nitrogen and oxygen atoms in total. The first-order chi connectivity index (χ1) is 18.2. The van der Waals surface area contributed by atoms with Crippen LogP contribution in [-0.2, 0) is 0 Å². The van der Waals surface area contributed by atoms with Crippen LogP contribution in [0, 0.1) is 0 Å². The van der Waals surface area contributed by atoms with Crippen molar-refractivity contribution >= 4 is 0 Å². The fourth-order valence-electron chi connectivity index (χ4n) is 1.51. The van der Waals surface area contributed by atoms with Gasteiger partial charge in [0.25, 0.3) is 0 Å². The van der Waals surface area contributed by atoms with Gasteiger partial charge in [-0.15, -0.1) is 0 Å². The molecule has 0 heterocycles. The first-order valence-corrected chi connectivity index (χ1v) is 5.37. The van der Waals surface area contributed by atoms with Crippen molar-refractivity contribution in [3.8, 4) is 5.75 Å². The summed E-state index contributed by atoms with van der Waals surface area (Å²) in [6, 6.07) is -5.23. The van der Waals surface area contributed by atoms with Crippen LogP contribution in [0.25, 0.3) is 0 Å². The molecule has 0 unspecified atom stereocenters. The van der Waals surface area contributed by atoms with E-state index in [1.807, 2.05) is 0 Å². The van der Waals surface area contributed by atoms with Crippen molar-refractivity contribution in [1.82, 2.24) is 4.90 Å².